The second-order valence-electron chi connectivity index (χ2n) is 5.83. The van der Waals surface area contributed by atoms with E-state index in [1.54, 1.807) is 7.11 Å². The number of thioether (sulfide) groups is 1. The molecule has 0 aromatic rings. The van der Waals surface area contributed by atoms with Crippen LogP contribution < -0.4 is 5.32 Å². The lowest BCUT2D eigenvalue weighted by molar-refractivity contribution is -0.134. The highest BCUT2D eigenvalue weighted by Crippen LogP contribution is 2.24. The molecule has 116 valence electrons. The number of amides is 1. The number of hydrogen-bond acceptors (Lipinski definition) is 4. The molecule has 5 heteroatoms. The van der Waals surface area contributed by atoms with E-state index in [4.69, 9.17) is 4.74 Å². The number of piperidine rings is 1. The van der Waals surface area contributed by atoms with Gasteiger partial charge in [0.1, 0.15) is 0 Å². The van der Waals surface area contributed by atoms with E-state index in [1.807, 2.05) is 11.8 Å². The van der Waals surface area contributed by atoms with Gasteiger partial charge in [-0.3, -0.25) is 4.79 Å². The SMILES string of the molecule is COCCN(C(=O)CCC1CCNCC1)C1CCSC1. The molecule has 2 heterocycles. The van der Waals surface area contributed by atoms with Crippen molar-refractivity contribution in [3.8, 4) is 0 Å². The zero-order valence-corrected chi connectivity index (χ0v) is 13.4. The number of carbonyl (C=O) groups is 1. The summed E-state index contributed by atoms with van der Waals surface area (Å²) in [4.78, 5) is 14.6. The Morgan fingerprint density at radius 3 is 2.80 bits per heavy atom. The average molecular weight is 300 g/mol. The molecule has 0 bridgehead atoms. The van der Waals surface area contributed by atoms with Crippen LogP contribution in [0.4, 0.5) is 0 Å². The quantitative estimate of drug-likeness (QED) is 0.778. The van der Waals surface area contributed by atoms with Crippen molar-refractivity contribution in [1.29, 1.82) is 0 Å². The first-order chi connectivity index (χ1) is 9.81. The van der Waals surface area contributed by atoms with Crippen LogP contribution in [0.15, 0.2) is 0 Å². The third-order valence-corrected chi connectivity index (χ3v) is 5.57. The van der Waals surface area contributed by atoms with Crippen molar-refractivity contribution >= 4 is 17.7 Å². The van der Waals surface area contributed by atoms with E-state index >= 15 is 0 Å². The van der Waals surface area contributed by atoms with E-state index in [1.165, 1.54) is 18.6 Å². The number of ether oxygens (including phenoxy) is 1. The molecule has 1 N–H and O–H groups in total. The first-order valence-electron chi connectivity index (χ1n) is 7.88. The second-order valence-corrected chi connectivity index (χ2v) is 6.98. The maximum absolute atomic E-state index is 12.5. The van der Waals surface area contributed by atoms with Crippen molar-refractivity contribution < 1.29 is 9.53 Å². The zero-order valence-electron chi connectivity index (χ0n) is 12.6. The van der Waals surface area contributed by atoms with Gasteiger partial charge in [-0.2, -0.15) is 11.8 Å². The molecule has 2 rings (SSSR count). The molecule has 1 atom stereocenters. The van der Waals surface area contributed by atoms with Gasteiger partial charge in [0, 0.05) is 31.9 Å². The minimum absolute atomic E-state index is 0.341. The Morgan fingerprint density at radius 1 is 1.35 bits per heavy atom. The number of hydrogen-bond donors (Lipinski definition) is 1. The van der Waals surface area contributed by atoms with Crippen molar-refractivity contribution in [2.45, 2.75) is 38.1 Å². The Hall–Kier alpha value is -0.260. The lowest BCUT2D eigenvalue weighted by atomic mass is 9.93. The van der Waals surface area contributed by atoms with Gasteiger partial charge < -0.3 is 15.0 Å². The number of nitrogens with one attached hydrogen (secondary N) is 1. The summed E-state index contributed by atoms with van der Waals surface area (Å²) in [5, 5.41) is 3.38. The maximum atomic E-state index is 12.5. The summed E-state index contributed by atoms with van der Waals surface area (Å²) in [6.07, 6.45) is 5.38. The normalized spacial score (nSPS) is 23.9. The van der Waals surface area contributed by atoms with Gasteiger partial charge in [0.05, 0.1) is 6.61 Å². The highest BCUT2D eigenvalue weighted by Gasteiger charge is 2.27. The molecule has 2 fully saturated rings. The zero-order chi connectivity index (χ0) is 14.2. The summed E-state index contributed by atoms with van der Waals surface area (Å²) in [6, 6.07) is 0.440. The molecule has 0 aliphatic carbocycles. The van der Waals surface area contributed by atoms with Gasteiger partial charge >= 0.3 is 0 Å². The van der Waals surface area contributed by atoms with Crippen molar-refractivity contribution in [3.63, 3.8) is 0 Å². The largest absolute Gasteiger partial charge is 0.383 e. The van der Waals surface area contributed by atoms with Crippen LogP contribution in [0.3, 0.4) is 0 Å². The van der Waals surface area contributed by atoms with Gasteiger partial charge in [-0.1, -0.05) is 0 Å². The fourth-order valence-corrected chi connectivity index (χ4v) is 4.33. The maximum Gasteiger partial charge on any atom is 0.222 e. The molecule has 1 unspecified atom stereocenters. The molecule has 20 heavy (non-hydrogen) atoms. The number of rotatable bonds is 7. The lowest BCUT2D eigenvalue weighted by Crippen LogP contribution is -2.42. The van der Waals surface area contributed by atoms with Crippen molar-refractivity contribution in [2.24, 2.45) is 5.92 Å². The summed E-state index contributed by atoms with van der Waals surface area (Å²) in [5.41, 5.74) is 0. The Balaban J connectivity index is 1.78. The van der Waals surface area contributed by atoms with Crippen molar-refractivity contribution in [1.82, 2.24) is 10.2 Å². The van der Waals surface area contributed by atoms with Gasteiger partial charge in [-0.05, 0) is 50.4 Å². The van der Waals surface area contributed by atoms with E-state index in [0.29, 0.717) is 18.6 Å². The van der Waals surface area contributed by atoms with Gasteiger partial charge in [0.25, 0.3) is 0 Å². The summed E-state index contributed by atoms with van der Waals surface area (Å²) in [6.45, 7) is 3.64. The van der Waals surface area contributed by atoms with E-state index in [9.17, 15) is 4.79 Å². The van der Waals surface area contributed by atoms with E-state index in [2.05, 4.69) is 10.2 Å². The smallest absolute Gasteiger partial charge is 0.222 e. The molecule has 2 aliphatic rings. The summed E-state index contributed by atoms with van der Waals surface area (Å²) < 4.78 is 5.17. The topological polar surface area (TPSA) is 41.6 Å². The van der Waals surface area contributed by atoms with Crippen LogP contribution in [-0.2, 0) is 9.53 Å². The molecule has 4 nitrogen and oxygen atoms in total. The van der Waals surface area contributed by atoms with Gasteiger partial charge in [0.2, 0.25) is 5.91 Å². The molecule has 0 aromatic carbocycles. The van der Waals surface area contributed by atoms with Crippen LogP contribution in [0.25, 0.3) is 0 Å². The molecule has 1 amide bonds. The second kappa shape index (κ2) is 8.90. The predicted octanol–water partition coefficient (Wildman–Crippen LogP) is 1.75. The van der Waals surface area contributed by atoms with Crippen LogP contribution in [0.2, 0.25) is 0 Å². The van der Waals surface area contributed by atoms with E-state index in [0.717, 1.165) is 50.6 Å². The van der Waals surface area contributed by atoms with Crippen molar-refractivity contribution in [3.05, 3.63) is 0 Å². The Bertz CT molecular complexity index is 290. The van der Waals surface area contributed by atoms with Crippen LogP contribution in [0, 0.1) is 5.92 Å². The fraction of sp³-hybridized carbons (Fsp3) is 0.933. The summed E-state index contributed by atoms with van der Waals surface area (Å²) in [7, 11) is 1.71. The van der Waals surface area contributed by atoms with Gasteiger partial charge in [-0.15, -0.1) is 0 Å². The number of carbonyl (C=O) groups excluding carboxylic acids is 1. The molecule has 0 aromatic heterocycles. The van der Waals surface area contributed by atoms with Crippen LogP contribution >= 0.6 is 11.8 Å². The molecule has 0 saturated carbocycles. The Labute approximate surface area is 127 Å². The molecule has 0 radical (unpaired) electrons. The first-order valence-corrected chi connectivity index (χ1v) is 9.03. The first kappa shape index (κ1) is 16.1. The molecule has 2 aliphatic heterocycles. The number of methoxy groups -OCH3 is 1. The molecular weight excluding hydrogens is 272 g/mol. The third-order valence-electron chi connectivity index (χ3n) is 4.43. The monoisotopic (exact) mass is 300 g/mol. The minimum atomic E-state index is 0.341. The minimum Gasteiger partial charge on any atom is -0.383 e. The van der Waals surface area contributed by atoms with Crippen LogP contribution in [0.1, 0.15) is 32.1 Å². The Kier molecular flexibility index (Phi) is 7.17. The van der Waals surface area contributed by atoms with Crippen LogP contribution in [0.5, 0.6) is 0 Å². The predicted molar refractivity (Wildman–Crippen MR) is 84.1 cm³/mol. The highest BCUT2D eigenvalue weighted by molar-refractivity contribution is 7.99. The molecular formula is C15H28N2O2S. The van der Waals surface area contributed by atoms with E-state index in [-0.39, 0.29) is 0 Å². The third kappa shape index (κ3) is 4.93. The Morgan fingerprint density at radius 2 is 2.15 bits per heavy atom. The highest BCUT2D eigenvalue weighted by atomic mass is 32.2. The average Bonchev–Trinajstić information content (AvgIpc) is 3.01. The number of nitrogens with zero attached hydrogens (tertiary/aromatic N) is 1. The molecule has 0 spiro atoms. The van der Waals surface area contributed by atoms with Gasteiger partial charge in [0.15, 0.2) is 0 Å². The summed E-state index contributed by atoms with van der Waals surface area (Å²) >= 11 is 1.96. The fourth-order valence-electron chi connectivity index (χ4n) is 3.11. The van der Waals surface area contributed by atoms with Crippen molar-refractivity contribution in [2.75, 3.05) is 44.9 Å². The standard InChI is InChI=1S/C15H28N2O2S/c1-19-10-9-17(14-6-11-20-12-14)15(18)3-2-13-4-7-16-8-5-13/h13-14,16H,2-12H2,1H3. The summed E-state index contributed by atoms with van der Waals surface area (Å²) in [5.74, 6) is 3.37. The van der Waals surface area contributed by atoms with Gasteiger partial charge in [-0.25, -0.2) is 0 Å². The molecule has 2 saturated heterocycles. The van der Waals surface area contributed by atoms with Crippen LogP contribution in [-0.4, -0.2) is 61.7 Å². The van der Waals surface area contributed by atoms with E-state index < -0.39 is 0 Å². The lowest BCUT2D eigenvalue weighted by Gasteiger charge is -2.29.